The lowest BCUT2D eigenvalue weighted by atomic mass is 10.1. The molecule has 15 heteroatoms. The van der Waals surface area contributed by atoms with Gasteiger partial charge >= 0.3 is 18.3 Å². The van der Waals surface area contributed by atoms with Crippen molar-refractivity contribution in [1.29, 1.82) is 0 Å². The lowest BCUT2D eigenvalue weighted by Gasteiger charge is -2.36. The van der Waals surface area contributed by atoms with E-state index in [0.717, 1.165) is 40.7 Å². The van der Waals surface area contributed by atoms with Crippen molar-refractivity contribution in [2.45, 2.75) is 36.2 Å². The summed E-state index contributed by atoms with van der Waals surface area (Å²) in [5.41, 5.74) is -3.02. The van der Waals surface area contributed by atoms with Gasteiger partial charge in [-0.25, -0.2) is 13.4 Å². The highest BCUT2D eigenvalue weighted by molar-refractivity contribution is 7.92. The Kier molecular flexibility index (Phi) is 7.47. The largest absolute Gasteiger partial charge is 0.486 e. The molecule has 0 radical (unpaired) electrons. The number of sulfonamides is 1. The van der Waals surface area contributed by atoms with E-state index in [9.17, 15) is 39.6 Å². The van der Waals surface area contributed by atoms with Gasteiger partial charge in [0.2, 0.25) is 0 Å². The van der Waals surface area contributed by atoms with E-state index in [1.807, 2.05) is 0 Å². The Hall–Kier alpha value is -3.52. The summed E-state index contributed by atoms with van der Waals surface area (Å²) in [6.45, 7) is -0.490. The number of rotatable bonds is 6. The first kappa shape index (κ1) is 28.5. The highest BCUT2D eigenvalue weighted by Crippen LogP contribution is 2.44. The number of aliphatic carboxylic acids is 1. The number of pyridine rings is 1. The molecule has 0 saturated carbocycles. The van der Waals surface area contributed by atoms with Gasteiger partial charge < -0.3 is 9.84 Å². The first-order valence-electron chi connectivity index (χ1n) is 11.0. The second kappa shape index (κ2) is 10.2. The molecule has 0 bridgehead atoms. The third-order valence-corrected chi connectivity index (χ3v) is 7.81. The summed E-state index contributed by atoms with van der Waals surface area (Å²) in [5.74, 6) is -1.35. The highest BCUT2D eigenvalue weighted by atomic mass is 35.5. The van der Waals surface area contributed by atoms with Crippen molar-refractivity contribution in [3.63, 3.8) is 0 Å². The van der Waals surface area contributed by atoms with Gasteiger partial charge in [0.25, 0.3) is 10.0 Å². The fraction of sp³-hybridized carbons (Fsp3) is 0.250. The highest BCUT2D eigenvalue weighted by Gasteiger charge is 2.38. The van der Waals surface area contributed by atoms with Crippen molar-refractivity contribution in [3.8, 4) is 17.0 Å². The number of alkyl halides is 6. The molecule has 2 aromatic carbocycles. The summed E-state index contributed by atoms with van der Waals surface area (Å²) in [4.78, 5) is 13.9. The van der Waals surface area contributed by atoms with Gasteiger partial charge in [0.1, 0.15) is 17.5 Å². The number of carbonyl (C=O) groups is 1. The summed E-state index contributed by atoms with van der Waals surface area (Å²) in [6, 6.07) is 8.28. The van der Waals surface area contributed by atoms with Gasteiger partial charge in [-0.3, -0.25) is 9.10 Å². The van der Waals surface area contributed by atoms with Crippen molar-refractivity contribution < 1.29 is 49.4 Å². The third kappa shape index (κ3) is 6.06. The van der Waals surface area contributed by atoms with Crippen LogP contribution in [0.3, 0.4) is 0 Å². The summed E-state index contributed by atoms with van der Waals surface area (Å²) in [7, 11) is -4.71. The van der Waals surface area contributed by atoms with Gasteiger partial charge in [0, 0.05) is 18.1 Å². The second-order valence-corrected chi connectivity index (χ2v) is 10.7. The van der Waals surface area contributed by atoms with E-state index in [4.69, 9.17) is 21.4 Å². The van der Waals surface area contributed by atoms with Crippen molar-refractivity contribution >= 4 is 33.3 Å². The summed E-state index contributed by atoms with van der Waals surface area (Å²) in [5, 5.41) is 8.88. The molecule has 1 N–H and O–H groups in total. The molecule has 1 aliphatic heterocycles. The quantitative estimate of drug-likeness (QED) is 0.338. The van der Waals surface area contributed by atoms with Crippen LogP contribution in [-0.2, 0) is 27.2 Å². The molecule has 0 amide bonds. The number of halogens is 7. The number of aromatic nitrogens is 1. The zero-order valence-electron chi connectivity index (χ0n) is 19.4. The zero-order chi connectivity index (χ0) is 28.8. The molecule has 208 valence electrons. The molecule has 0 saturated heterocycles. The van der Waals surface area contributed by atoms with Crippen LogP contribution in [0, 0.1) is 0 Å². The minimum Gasteiger partial charge on any atom is -0.486 e. The number of hydrogen-bond donors (Lipinski definition) is 1. The van der Waals surface area contributed by atoms with Crippen molar-refractivity contribution in [1.82, 2.24) is 4.98 Å². The minimum absolute atomic E-state index is 0.0988. The molecule has 0 unspecified atom stereocenters. The normalized spacial score (nSPS) is 16.0. The van der Waals surface area contributed by atoms with E-state index in [-0.39, 0.29) is 34.1 Å². The number of ether oxygens (including phenoxy) is 1. The molecular formula is C24H17ClF6N2O5S. The SMILES string of the molecule is O=C(O)CC[C@H]1CN(S(=O)(=O)c2cccc(C(F)(F)F)c2)c2cc(-c3cccc(C(F)(F)F)n3)c(Cl)cc2O1. The summed E-state index contributed by atoms with van der Waals surface area (Å²) < 4.78 is 113. The number of carboxylic acids is 1. The van der Waals surface area contributed by atoms with Gasteiger partial charge in [-0.05, 0) is 42.8 Å². The predicted octanol–water partition coefficient (Wildman–Crippen LogP) is 6.26. The van der Waals surface area contributed by atoms with E-state index in [0.29, 0.717) is 12.1 Å². The lowest BCUT2D eigenvalue weighted by Crippen LogP contribution is -2.43. The molecule has 4 rings (SSSR count). The van der Waals surface area contributed by atoms with Gasteiger partial charge in [-0.1, -0.05) is 23.7 Å². The zero-order valence-corrected chi connectivity index (χ0v) is 21.0. The van der Waals surface area contributed by atoms with Gasteiger partial charge in [-0.2, -0.15) is 26.3 Å². The average molecular weight is 595 g/mol. The van der Waals surface area contributed by atoms with Crippen LogP contribution in [0.5, 0.6) is 5.75 Å². The number of benzene rings is 2. The molecule has 0 spiro atoms. The van der Waals surface area contributed by atoms with Crippen LogP contribution in [0.1, 0.15) is 24.1 Å². The Morgan fingerprint density at radius 2 is 1.74 bits per heavy atom. The molecule has 39 heavy (non-hydrogen) atoms. The topological polar surface area (TPSA) is 96.8 Å². The van der Waals surface area contributed by atoms with E-state index >= 15 is 0 Å². The molecule has 0 fully saturated rings. The number of fused-ring (bicyclic) bond motifs is 1. The maximum absolute atomic E-state index is 13.6. The molecule has 1 atom stereocenters. The molecule has 7 nitrogen and oxygen atoms in total. The Morgan fingerprint density at radius 3 is 2.38 bits per heavy atom. The van der Waals surface area contributed by atoms with Crippen LogP contribution in [0.4, 0.5) is 32.0 Å². The van der Waals surface area contributed by atoms with E-state index in [2.05, 4.69) is 4.98 Å². The van der Waals surface area contributed by atoms with Gasteiger partial charge in [0.15, 0.2) is 0 Å². The fourth-order valence-corrected chi connectivity index (χ4v) is 5.69. The molecule has 1 aliphatic rings. The van der Waals surface area contributed by atoms with Crippen LogP contribution in [-0.4, -0.2) is 37.1 Å². The maximum atomic E-state index is 13.6. The predicted molar refractivity (Wildman–Crippen MR) is 127 cm³/mol. The van der Waals surface area contributed by atoms with E-state index < -0.39 is 63.6 Å². The lowest BCUT2D eigenvalue weighted by molar-refractivity contribution is -0.141. The monoisotopic (exact) mass is 594 g/mol. The van der Waals surface area contributed by atoms with E-state index in [1.54, 1.807) is 0 Å². The number of anilines is 1. The summed E-state index contributed by atoms with van der Waals surface area (Å²) >= 11 is 6.30. The third-order valence-electron chi connectivity index (χ3n) is 5.73. The van der Waals surface area contributed by atoms with Gasteiger partial charge in [-0.15, -0.1) is 0 Å². The van der Waals surface area contributed by atoms with E-state index in [1.165, 1.54) is 6.07 Å². The molecule has 3 aromatic rings. The van der Waals surface area contributed by atoms with Crippen LogP contribution in [0.15, 0.2) is 59.5 Å². The van der Waals surface area contributed by atoms with Crippen LogP contribution >= 0.6 is 11.6 Å². The maximum Gasteiger partial charge on any atom is 0.433 e. The fourth-order valence-electron chi connectivity index (χ4n) is 3.89. The standard InChI is InChI=1S/C24H17ClF6N2O5S/c25-17-11-20-19(10-16(17)18-5-2-6-21(32-18)24(29,30)31)33(12-14(38-20)7-8-22(34)35)39(36,37)15-4-1-3-13(9-15)23(26,27)28/h1-6,9-11,14H,7-8,12H2,(H,34,35)/t14-/m0/s1. The van der Waals surface area contributed by atoms with Gasteiger partial charge in [0.05, 0.1) is 33.4 Å². The Morgan fingerprint density at radius 1 is 1.05 bits per heavy atom. The number of hydrogen-bond acceptors (Lipinski definition) is 5. The first-order valence-corrected chi connectivity index (χ1v) is 12.9. The first-order chi connectivity index (χ1) is 18.1. The number of nitrogens with zero attached hydrogens (tertiary/aromatic N) is 2. The average Bonchev–Trinajstić information content (AvgIpc) is 2.85. The van der Waals surface area contributed by atoms with Crippen LogP contribution < -0.4 is 9.04 Å². The van der Waals surface area contributed by atoms with Crippen molar-refractivity contribution in [2.75, 3.05) is 10.8 Å². The van der Waals surface area contributed by atoms with Crippen LogP contribution in [0.25, 0.3) is 11.3 Å². The van der Waals surface area contributed by atoms with Crippen molar-refractivity contribution in [3.05, 3.63) is 70.9 Å². The molecule has 2 heterocycles. The Balaban J connectivity index is 1.86. The second-order valence-electron chi connectivity index (χ2n) is 8.44. The molecule has 1 aromatic heterocycles. The van der Waals surface area contributed by atoms with Crippen molar-refractivity contribution in [2.24, 2.45) is 0 Å². The molecular weight excluding hydrogens is 578 g/mol. The number of carboxylic acid groups (broad SMARTS) is 1. The van der Waals surface area contributed by atoms with Crippen LogP contribution in [0.2, 0.25) is 5.02 Å². The molecule has 0 aliphatic carbocycles. The smallest absolute Gasteiger partial charge is 0.433 e. The Labute approximate surface area is 222 Å². The summed E-state index contributed by atoms with van der Waals surface area (Å²) in [6.07, 6.45) is -11.2. The minimum atomic E-state index is -4.84. The Bertz CT molecular complexity index is 1530.